The number of amides is 1. The van der Waals surface area contributed by atoms with Gasteiger partial charge in [-0.15, -0.1) is 0 Å². The van der Waals surface area contributed by atoms with Crippen molar-refractivity contribution in [3.8, 4) is 11.5 Å². The van der Waals surface area contributed by atoms with Crippen LogP contribution in [0, 0.1) is 0 Å². The fraction of sp³-hybridized carbons (Fsp3) is 0.214. The van der Waals surface area contributed by atoms with Gasteiger partial charge >= 0.3 is 0 Å². The Morgan fingerprint density at radius 3 is 2.09 bits per heavy atom. The lowest BCUT2D eigenvalue weighted by atomic mass is 9.95. The van der Waals surface area contributed by atoms with Gasteiger partial charge in [-0.05, 0) is 68.8 Å². The van der Waals surface area contributed by atoms with Gasteiger partial charge in [0.05, 0.1) is 25.5 Å². The number of hydrogen-bond acceptors (Lipinski definition) is 6. The molecular weight excluding hydrogens is 442 g/mol. The second kappa shape index (κ2) is 9.27. The standard InChI is InChI=1S/C28H29N3O4/c1-16(32)17-6-11-24-23(14-17)25(27(33)31-24)26(18-12-21(34-4)15-22(13-18)35-5)30-20-9-7-19(8-10-20)28(2,3)29/h6-15,30H,29H2,1-5H3,(H,31,33)/b26-25+. The summed E-state index contributed by atoms with van der Waals surface area (Å²) in [5, 5.41) is 6.33. The highest BCUT2D eigenvalue weighted by atomic mass is 16.5. The van der Waals surface area contributed by atoms with Crippen LogP contribution in [0.4, 0.5) is 11.4 Å². The molecule has 1 aliphatic rings. The van der Waals surface area contributed by atoms with Gasteiger partial charge in [-0.25, -0.2) is 0 Å². The van der Waals surface area contributed by atoms with Crippen molar-refractivity contribution in [3.63, 3.8) is 0 Å². The first-order valence-corrected chi connectivity index (χ1v) is 11.2. The summed E-state index contributed by atoms with van der Waals surface area (Å²) in [6.07, 6.45) is 0. The Morgan fingerprint density at radius 2 is 1.54 bits per heavy atom. The van der Waals surface area contributed by atoms with Crippen LogP contribution in [-0.2, 0) is 10.3 Å². The molecule has 0 aliphatic carbocycles. The number of ether oxygens (including phenoxy) is 2. The number of ketones is 1. The summed E-state index contributed by atoms with van der Waals surface area (Å²) in [5.74, 6) is 0.805. The molecule has 0 radical (unpaired) electrons. The summed E-state index contributed by atoms with van der Waals surface area (Å²) in [6.45, 7) is 5.39. The number of fused-ring (bicyclic) bond motifs is 1. The maximum absolute atomic E-state index is 13.2. The number of methoxy groups -OCH3 is 2. The molecule has 0 aromatic heterocycles. The van der Waals surface area contributed by atoms with Gasteiger partial charge in [-0.2, -0.15) is 0 Å². The zero-order valence-corrected chi connectivity index (χ0v) is 20.5. The molecule has 0 saturated carbocycles. The zero-order chi connectivity index (χ0) is 25.3. The number of carbonyl (C=O) groups excluding carboxylic acids is 2. The molecule has 7 nitrogen and oxygen atoms in total. The molecule has 4 rings (SSSR count). The summed E-state index contributed by atoms with van der Waals surface area (Å²) in [4.78, 5) is 25.3. The molecule has 0 fully saturated rings. The van der Waals surface area contributed by atoms with E-state index in [0.29, 0.717) is 45.1 Å². The minimum Gasteiger partial charge on any atom is -0.497 e. The Kier molecular flexibility index (Phi) is 6.37. The summed E-state index contributed by atoms with van der Waals surface area (Å²) < 4.78 is 10.9. The van der Waals surface area contributed by atoms with Crippen molar-refractivity contribution in [2.24, 2.45) is 5.73 Å². The van der Waals surface area contributed by atoms with Gasteiger partial charge < -0.3 is 25.8 Å². The van der Waals surface area contributed by atoms with Crippen molar-refractivity contribution in [1.29, 1.82) is 0 Å². The maximum Gasteiger partial charge on any atom is 0.258 e. The summed E-state index contributed by atoms with van der Waals surface area (Å²) in [5.41, 5.74) is 11.0. The highest BCUT2D eigenvalue weighted by molar-refractivity contribution is 6.37. The van der Waals surface area contributed by atoms with Crippen LogP contribution in [0.15, 0.2) is 60.7 Å². The summed E-state index contributed by atoms with van der Waals surface area (Å²) >= 11 is 0. The van der Waals surface area contributed by atoms with Crippen molar-refractivity contribution in [1.82, 2.24) is 0 Å². The van der Waals surface area contributed by atoms with Crippen LogP contribution in [0.25, 0.3) is 11.3 Å². The van der Waals surface area contributed by atoms with Crippen molar-refractivity contribution in [3.05, 3.63) is 82.9 Å². The fourth-order valence-corrected chi connectivity index (χ4v) is 3.99. The lowest BCUT2D eigenvalue weighted by Crippen LogP contribution is -2.28. The molecule has 1 aliphatic heterocycles. The predicted molar refractivity (Wildman–Crippen MR) is 139 cm³/mol. The van der Waals surface area contributed by atoms with Crippen molar-refractivity contribution < 1.29 is 19.1 Å². The second-order valence-corrected chi connectivity index (χ2v) is 9.05. The number of rotatable bonds is 7. The van der Waals surface area contributed by atoms with Crippen LogP contribution in [0.3, 0.4) is 0 Å². The molecule has 35 heavy (non-hydrogen) atoms. The Balaban J connectivity index is 1.93. The average Bonchev–Trinajstić information content (AvgIpc) is 3.16. The van der Waals surface area contributed by atoms with Gasteiger partial charge in [0, 0.05) is 39.7 Å². The largest absolute Gasteiger partial charge is 0.497 e. The van der Waals surface area contributed by atoms with Crippen molar-refractivity contribution in [2.45, 2.75) is 26.3 Å². The molecule has 0 atom stereocenters. The van der Waals surface area contributed by atoms with Crippen molar-refractivity contribution >= 4 is 34.3 Å². The number of Topliss-reactive ketones (excluding diaryl/α,β-unsaturated/α-hetero) is 1. The molecule has 7 heteroatoms. The molecule has 0 saturated heterocycles. The highest BCUT2D eigenvalue weighted by Gasteiger charge is 2.29. The Morgan fingerprint density at radius 1 is 0.914 bits per heavy atom. The Bertz CT molecular complexity index is 1310. The third-order valence-corrected chi connectivity index (χ3v) is 5.96. The van der Waals surface area contributed by atoms with Crippen LogP contribution in [-0.4, -0.2) is 25.9 Å². The van der Waals surface area contributed by atoms with Crippen LogP contribution < -0.4 is 25.8 Å². The first-order chi connectivity index (χ1) is 16.6. The topological polar surface area (TPSA) is 103 Å². The molecule has 3 aromatic carbocycles. The minimum absolute atomic E-state index is 0.0796. The number of nitrogens with two attached hydrogens (primary N) is 1. The molecule has 0 bridgehead atoms. The van der Waals surface area contributed by atoms with E-state index in [1.807, 2.05) is 50.2 Å². The number of carbonyl (C=O) groups is 2. The molecule has 4 N–H and O–H groups in total. The van der Waals surface area contributed by atoms with E-state index in [0.717, 1.165) is 11.3 Å². The summed E-state index contributed by atoms with van der Waals surface area (Å²) in [7, 11) is 3.14. The normalized spacial score (nSPS) is 14.2. The van der Waals surface area contributed by atoms with Gasteiger partial charge in [0.25, 0.3) is 5.91 Å². The van der Waals surface area contributed by atoms with Crippen LogP contribution >= 0.6 is 0 Å². The number of nitrogens with one attached hydrogen (secondary N) is 2. The number of anilines is 2. The van der Waals surface area contributed by atoms with Gasteiger partial charge in [0.15, 0.2) is 5.78 Å². The van der Waals surface area contributed by atoms with Crippen LogP contribution in [0.2, 0.25) is 0 Å². The van der Waals surface area contributed by atoms with Gasteiger partial charge in [-0.1, -0.05) is 12.1 Å². The summed E-state index contributed by atoms with van der Waals surface area (Å²) in [6, 6.07) is 18.4. The molecule has 1 amide bonds. The van der Waals surface area contributed by atoms with E-state index in [9.17, 15) is 9.59 Å². The van der Waals surface area contributed by atoms with Gasteiger partial charge in [0.2, 0.25) is 0 Å². The minimum atomic E-state index is -0.479. The van der Waals surface area contributed by atoms with Gasteiger partial charge in [0.1, 0.15) is 11.5 Å². The third kappa shape index (κ3) is 4.90. The number of benzene rings is 3. The zero-order valence-electron chi connectivity index (χ0n) is 20.5. The van der Waals surface area contributed by atoms with E-state index >= 15 is 0 Å². The molecule has 3 aromatic rings. The quantitative estimate of drug-likeness (QED) is 0.330. The van der Waals surface area contributed by atoms with E-state index in [4.69, 9.17) is 15.2 Å². The van der Waals surface area contributed by atoms with Crippen LogP contribution in [0.1, 0.15) is 47.8 Å². The molecule has 0 spiro atoms. The second-order valence-electron chi connectivity index (χ2n) is 9.05. The fourth-order valence-electron chi connectivity index (χ4n) is 3.99. The van der Waals surface area contributed by atoms with E-state index in [1.54, 1.807) is 38.5 Å². The van der Waals surface area contributed by atoms with E-state index in [-0.39, 0.29) is 11.7 Å². The Labute approximate surface area is 204 Å². The van der Waals surface area contributed by atoms with Gasteiger partial charge in [-0.3, -0.25) is 9.59 Å². The lowest BCUT2D eigenvalue weighted by molar-refractivity contribution is -0.110. The first kappa shape index (κ1) is 24.0. The molecule has 1 heterocycles. The number of hydrogen-bond donors (Lipinski definition) is 3. The van der Waals surface area contributed by atoms with E-state index in [2.05, 4.69) is 10.6 Å². The van der Waals surface area contributed by atoms with Crippen molar-refractivity contribution in [2.75, 3.05) is 24.9 Å². The molecular formula is C28H29N3O4. The first-order valence-electron chi connectivity index (χ1n) is 11.2. The third-order valence-electron chi connectivity index (χ3n) is 5.96. The smallest absolute Gasteiger partial charge is 0.258 e. The SMILES string of the molecule is COc1cc(OC)cc(/C(Nc2ccc(C(C)(C)N)cc2)=C2\C(=O)Nc3ccc(C(C)=O)cc32)c1. The van der Waals surface area contributed by atoms with E-state index < -0.39 is 5.54 Å². The van der Waals surface area contributed by atoms with E-state index in [1.165, 1.54) is 6.92 Å². The van der Waals surface area contributed by atoms with Crippen LogP contribution in [0.5, 0.6) is 11.5 Å². The molecule has 0 unspecified atom stereocenters. The maximum atomic E-state index is 13.2. The molecule has 180 valence electrons. The lowest BCUT2D eigenvalue weighted by Gasteiger charge is -2.20. The monoisotopic (exact) mass is 471 g/mol. The predicted octanol–water partition coefficient (Wildman–Crippen LogP) is 5.03. The Hall–Kier alpha value is -4.10. The average molecular weight is 472 g/mol. The highest BCUT2D eigenvalue weighted by Crippen LogP contribution is 2.40.